The van der Waals surface area contributed by atoms with Gasteiger partial charge in [-0.25, -0.2) is 0 Å². The zero-order valence-electron chi connectivity index (χ0n) is 11.9. The van der Waals surface area contributed by atoms with Gasteiger partial charge in [0, 0.05) is 12.1 Å². The summed E-state index contributed by atoms with van der Waals surface area (Å²) in [4.78, 5) is 0. The van der Waals surface area contributed by atoms with Crippen molar-refractivity contribution in [1.29, 1.82) is 0 Å². The zero-order chi connectivity index (χ0) is 12.6. The molecule has 104 valence electrons. The third-order valence-electron chi connectivity index (χ3n) is 6.18. The van der Waals surface area contributed by atoms with Gasteiger partial charge >= 0.3 is 0 Å². The zero-order valence-corrected chi connectivity index (χ0v) is 11.9. The summed E-state index contributed by atoms with van der Waals surface area (Å²) >= 11 is 0. The number of rotatable bonds is 2. The molecule has 3 aliphatic rings. The molecule has 2 aliphatic carbocycles. The Balaban J connectivity index is 1.74. The van der Waals surface area contributed by atoms with Crippen LogP contribution in [0.25, 0.3) is 0 Å². The van der Waals surface area contributed by atoms with Crippen LogP contribution in [-0.4, -0.2) is 17.7 Å². The quantitative estimate of drug-likeness (QED) is 0.813. The molecule has 1 saturated heterocycles. The van der Waals surface area contributed by atoms with Crippen molar-refractivity contribution in [2.45, 2.75) is 82.3 Å². The van der Waals surface area contributed by atoms with E-state index >= 15 is 0 Å². The predicted octanol–water partition coefficient (Wildman–Crippen LogP) is 3.63. The number of hydrogen-bond acceptors (Lipinski definition) is 2. The highest BCUT2D eigenvalue weighted by atomic mass is 16.5. The fourth-order valence-corrected chi connectivity index (χ4v) is 4.82. The highest BCUT2D eigenvalue weighted by molar-refractivity contribution is 5.04. The molecule has 0 aromatic carbocycles. The van der Waals surface area contributed by atoms with E-state index in [0.29, 0.717) is 0 Å². The minimum atomic E-state index is 0.124. The fraction of sp³-hybridized carbons (Fsp3) is 1.00. The molecule has 0 bridgehead atoms. The Labute approximate surface area is 112 Å². The molecule has 2 heteroatoms. The third kappa shape index (κ3) is 2.02. The number of nitrogens with two attached hydrogens (primary N) is 1. The van der Waals surface area contributed by atoms with Gasteiger partial charge in [0.25, 0.3) is 0 Å². The van der Waals surface area contributed by atoms with Crippen molar-refractivity contribution < 1.29 is 4.74 Å². The molecule has 0 aromatic heterocycles. The maximum Gasteiger partial charge on any atom is 0.0686 e. The van der Waals surface area contributed by atoms with Crippen LogP contribution in [0.2, 0.25) is 0 Å². The van der Waals surface area contributed by atoms with Gasteiger partial charge in [-0.15, -0.1) is 0 Å². The van der Waals surface area contributed by atoms with Crippen molar-refractivity contribution in [2.24, 2.45) is 17.6 Å². The minimum Gasteiger partial charge on any atom is -0.375 e. The van der Waals surface area contributed by atoms with Crippen LogP contribution in [0.3, 0.4) is 0 Å². The molecule has 1 heterocycles. The Morgan fingerprint density at radius 2 is 1.94 bits per heavy atom. The lowest BCUT2D eigenvalue weighted by atomic mass is 9.59. The molecule has 0 amide bonds. The monoisotopic (exact) mass is 251 g/mol. The van der Waals surface area contributed by atoms with Gasteiger partial charge in [-0.2, -0.15) is 0 Å². The summed E-state index contributed by atoms with van der Waals surface area (Å²) in [5.41, 5.74) is 7.31. The molecule has 3 unspecified atom stereocenters. The largest absolute Gasteiger partial charge is 0.375 e. The molecule has 3 fully saturated rings. The lowest BCUT2D eigenvalue weighted by Crippen LogP contribution is -2.59. The minimum absolute atomic E-state index is 0.124. The smallest absolute Gasteiger partial charge is 0.0686 e. The molecule has 0 aromatic rings. The maximum atomic E-state index is 6.93. The topological polar surface area (TPSA) is 35.2 Å². The van der Waals surface area contributed by atoms with Crippen molar-refractivity contribution in [2.75, 3.05) is 6.61 Å². The Hall–Kier alpha value is -0.0800. The van der Waals surface area contributed by atoms with Gasteiger partial charge < -0.3 is 10.5 Å². The lowest BCUT2D eigenvalue weighted by molar-refractivity contribution is -0.157. The Morgan fingerprint density at radius 1 is 1.11 bits per heavy atom. The van der Waals surface area contributed by atoms with E-state index < -0.39 is 0 Å². The first kappa shape index (κ1) is 12.9. The van der Waals surface area contributed by atoms with E-state index in [1.165, 1.54) is 64.2 Å². The lowest BCUT2D eigenvalue weighted by Gasteiger charge is -2.54. The van der Waals surface area contributed by atoms with Crippen LogP contribution in [0.5, 0.6) is 0 Å². The van der Waals surface area contributed by atoms with Crippen molar-refractivity contribution >= 4 is 0 Å². The van der Waals surface area contributed by atoms with Crippen molar-refractivity contribution in [3.8, 4) is 0 Å². The molecule has 3 atom stereocenters. The normalized spacial score (nSPS) is 43.7. The van der Waals surface area contributed by atoms with Crippen LogP contribution >= 0.6 is 0 Å². The van der Waals surface area contributed by atoms with E-state index in [1.807, 2.05) is 0 Å². The number of ether oxygens (including phenoxy) is 1. The summed E-state index contributed by atoms with van der Waals surface area (Å²) in [7, 11) is 0. The Morgan fingerprint density at radius 3 is 2.61 bits per heavy atom. The van der Waals surface area contributed by atoms with E-state index in [1.54, 1.807) is 0 Å². The van der Waals surface area contributed by atoms with Crippen LogP contribution in [0.4, 0.5) is 0 Å². The van der Waals surface area contributed by atoms with Crippen LogP contribution in [0.15, 0.2) is 0 Å². The first-order chi connectivity index (χ1) is 8.69. The predicted molar refractivity (Wildman–Crippen MR) is 74.4 cm³/mol. The second kappa shape index (κ2) is 4.79. The van der Waals surface area contributed by atoms with Crippen molar-refractivity contribution in [3.63, 3.8) is 0 Å². The Kier molecular flexibility index (Phi) is 3.44. The van der Waals surface area contributed by atoms with E-state index in [4.69, 9.17) is 10.5 Å². The van der Waals surface area contributed by atoms with Crippen molar-refractivity contribution in [1.82, 2.24) is 0 Å². The summed E-state index contributed by atoms with van der Waals surface area (Å²) in [5.74, 6) is 1.48. The second-order valence-electron chi connectivity index (χ2n) is 7.04. The van der Waals surface area contributed by atoms with E-state index in [0.717, 1.165) is 18.4 Å². The van der Waals surface area contributed by atoms with Gasteiger partial charge in [-0.05, 0) is 56.8 Å². The average molecular weight is 251 g/mol. The Bertz CT molecular complexity index is 299. The van der Waals surface area contributed by atoms with E-state index in [9.17, 15) is 0 Å². The van der Waals surface area contributed by atoms with Crippen LogP contribution in [0, 0.1) is 11.8 Å². The molecule has 2 nitrogen and oxygen atoms in total. The van der Waals surface area contributed by atoms with Gasteiger partial charge in [0.15, 0.2) is 0 Å². The molecular weight excluding hydrogens is 222 g/mol. The standard InChI is InChI=1S/C16H29NO/c1-2-13-6-3-4-10-16(13,17)14-7-11-18-15(12-14)8-5-9-15/h13-14H,2-12,17H2,1H3. The van der Waals surface area contributed by atoms with Gasteiger partial charge in [0.05, 0.1) is 5.60 Å². The van der Waals surface area contributed by atoms with Crippen LogP contribution in [0.1, 0.15) is 71.1 Å². The van der Waals surface area contributed by atoms with Crippen LogP contribution < -0.4 is 5.73 Å². The first-order valence-corrected chi connectivity index (χ1v) is 8.11. The van der Waals surface area contributed by atoms with Gasteiger partial charge in [0.2, 0.25) is 0 Å². The van der Waals surface area contributed by atoms with Gasteiger partial charge in [-0.3, -0.25) is 0 Å². The number of hydrogen-bond donors (Lipinski definition) is 1. The summed E-state index contributed by atoms with van der Waals surface area (Å²) < 4.78 is 6.08. The second-order valence-corrected chi connectivity index (χ2v) is 7.04. The molecule has 3 rings (SSSR count). The molecule has 1 aliphatic heterocycles. The molecule has 2 saturated carbocycles. The summed E-state index contributed by atoms with van der Waals surface area (Å²) in [6.07, 6.45) is 13.0. The molecule has 1 spiro atoms. The van der Waals surface area contributed by atoms with E-state index in [2.05, 4.69) is 6.92 Å². The van der Waals surface area contributed by atoms with Crippen LogP contribution in [-0.2, 0) is 4.74 Å². The van der Waals surface area contributed by atoms with Gasteiger partial charge in [-0.1, -0.05) is 26.2 Å². The molecule has 2 N–H and O–H groups in total. The average Bonchev–Trinajstić information content (AvgIpc) is 2.37. The molecular formula is C16H29NO. The molecule has 0 radical (unpaired) electrons. The first-order valence-electron chi connectivity index (χ1n) is 8.11. The summed E-state index contributed by atoms with van der Waals surface area (Å²) in [6.45, 7) is 3.29. The summed E-state index contributed by atoms with van der Waals surface area (Å²) in [5, 5.41) is 0. The third-order valence-corrected chi connectivity index (χ3v) is 6.18. The SMILES string of the molecule is CCC1CCCCC1(N)C1CCOC2(CCC2)C1. The molecule has 18 heavy (non-hydrogen) atoms. The van der Waals surface area contributed by atoms with Gasteiger partial charge in [0.1, 0.15) is 0 Å². The highest BCUT2D eigenvalue weighted by Gasteiger charge is 2.50. The highest BCUT2D eigenvalue weighted by Crippen LogP contribution is 2.50. The maximum absolute atomic E-state index is 6.93. The fourth-order valence-electron chi connectivity index (χ4n) is 4.82. The summed E-state index contributed by atoms with van der Waals surface area (Å²) in [6, 6.07) is 0. The van der Waals surface area contributed by atoms with Crippen molar-refractivity contribution in [3.05, 3.63) is 0 Å². The van der Waals surface area contributed by atoms with E-state index in [-0.39, 0.29) is 11.1 Å².